The second kappa shape index (κ2) is 6.83. The molecular weight excluding hydrogens is 362 g/mol. The fourth-order valence-electron chi connectivity index (χ4n) is 3.53. The van der Waals surface area contributed by atoms with E-state index in [2.05, 4.69) is 5.32 Å². The number of aromatic nitrogens is 1. The van der Waals surface area contributed by atoms with Crippen molar-refractivity contribution < 1.29 is 13.2 Å². The normalized spacial score (nSPS) is 15.3. The molecule has 7 heteroatoms. The smallest absolute Gasteiger partial charge is 0.257 e. The van der Waals surface area contributed by atoms with Crippen LogP contribution >= 0.6 is 0 Å². The Morgan fingerprint density at radius 3 is 2.56 bits per heavy atom. The second-order valence-electron chi connectivity index (χ2n) is 6.76. The molecule has 0 bridgehead atoms. The van der Waals surface area contributed by atoms with Gasteiger partial charge < -0.3 is 9.88 Å². The maximum atomic E-state index is 12.8. The van der Waals surface area contributed by atoms with Gasteiger partial charge in [0.25, 0.3) is 5.91 Å². The van der Waals surface area contributed by atoms with Crippen LogP contribution in [0.5, 0.6) is 0 Å². The number of aryl methyl sites for hydroxylation is 1. The van der Waals surface area contributed by atoms with Crippen molar-refractivity contribution in [2.45, 2.75) is 17.7 Å². The van der Waals surface area contributed by atoms with Crippen molar-refractivity contribution in [3.63, 3.8) is 0 Å². The first-order valence-electron chi connectivity index (χ1n) is 8.92. The van der Waals surface area contributed by atoms with Gasteiger partial charge in [0.05, 0.1) is 10.5 Å². The zero-order valence-corrected chi connectivity index (χ0v) is 15.9. The van der Waals surface area contributed by atoms with Gasteiger partial charge in [-0.25, -0.2) is 8.42 Å². The topological polar surface area (TPSA) is 71.4 Å². The minimum Gasteiger partial charge on any atom is -0.350 e. The number of nitrogens with one attached hydrogen (secondary N) is 1. The second-order valence-corrected chi connectivity index (χ2v) is 8.70. The van der Waals surface area contributed by atoms with Gasteiger partial charge in [0.2, 0.25) is 10.0 Å². The lowest BCUT2D eigenvalue weighted by Crippen LogP contribution is -2.27. The molecule has 1 amide bonds. The van der Waals surface area contributed by atoms with Crippen molar-refractivity contribution in [1.82, 2.24) is 8.87 Å². The van der Waals surface area contributed by atoms with Gasteiger partial charge in [-0.2, -0.15) is 4.31 Å². The number of anilines is 1. The third-order valence-electron chi connectivity index (χ3n) is 4.94. The molecule has 0 atom stereocenters. The first kappa shape index (κ1) is 17.8. The number of para-hydroxylation sites is 1. The maximum Gasteiger partial charge on any atom is 0.257 e. The Balaban J connectivity index is 1.62. The molecule has 0 unspecified atom stereocenters. The molecule has 3 aromatic rings. The molecule has 1 N–H and O–H groups in total. The Bertz CT molecular complexity index is 1110. The monoisotopic (exact) mass is 383 g/mol. The van der Waals surface area contributed by atoms with Gasteiger partial charge in [-0.3, -0.25) is 4.79 Å². The highest BCUT2D eigenvalue weighted by atomic mass is 32.2. The van der Waals surface area contributed by atoms with Gasteiger partial charge in [0, 0.05) is 42.9 Å². The van der Waals surface area contributed by atoms with E-state index in [0.717, 1.165) is 23.7 Å². The minimum atomic E-state index is -3.51. The van der Waals surface area contributed by atoms with E-state index in [0.29, 0.717) is 24.3 Å². The minimum absolute atomic E-state index is 0.208. The predicted octanol–water partition coefficient (Wildman–Crippen LogP) is 3.22. The Labute approximate surface area is 158 Å². The highest BCUT2D eigenvalue weighted by Gasteiger charge is 2.27. The molecule has 0 radical (unpaired) electrons. The molecule has 2 aromatic carbocycles. The van der Waals surface area contributed by atoms with Crippen LogP contribution in [0.3, 0.4) is 0 Å². The summed E-state index contributed by atoms with van der Waals surface area (Å²) in [7, 11) is -1.62. The molecular formula is C20H21N3O3S. The summed E-state index contributed by atoms with van der Waals surface area (Å²) in [6, 6.07) is 14.1. The number of carbonyl (C=O) groups is 1. The van der Waals surface area contributed by atoms with Gasteiger partial charge in [0.1, 0.15) is 0 Å². The number of rotatable bonds is 4. The van der Waals surface area contributed by atoms with E-state index in [1.807, 2.05) is 35.9 Å². The van der Waals surface area contributed by atoms with Crippen LogP contribution in [0, 0.1) is 0 Å². The number of hydrogen-bond acceptors (Lipinski definition) is 3. The van der Waals surface area contributed by atoms with Crippen LogP contribution in [-0.2, 0) is 17.1 Å². The van der Waals surface area contributed by atoms with E-state index >= 15 is 0 Å². The summed E-state index contributed by atoms with van der Waals surface area (Å²) in [5.74, 6) is -0.262. The van der Waals surface area contributed by atoms with Crippen LogP contribution in [0.1, 0.15) is 23.2 Å². The lowest BCUT2D eigenvalue weighted by molar-refractivity contribution is 0.102. The van der Waals surface area contributed by atoms with Gasteiger partial charge in [-0.1, -0.05) is 24.3 Å². The molecule has 0 spiro atoms. The molecule has 1 aliphatic rings. The molecule has 2 heterocycles. The fraction of sp³-hybridized carbons (Fsp3) is 0.250. The summed E-state index contributed by atoms with van der Waals surface area (Å²) >= 11 is 0. The fourth-order valence-corrected chi connectivity index (χ4v) is 5.10. The SMILES string of the molecule is Cn1cc(C(=O)Nc2cccc(S(=O)(=O)N3CCCC3)c2)c2ccccc21. The summed E-state index contributed by atoms with van der Waals surface area (Å²) in [5, 5.41) is 3.69. The Morgan fingerprint density at radius 1 is 1.04 bits per heavy atom. The number of carbonyl (C=O) groups excluding carboxylic acids is 1. The summed E-state index contributed by atoms with van der Waals surface area (Å²) in [6.45, 7) is 1.10. The average Bonchev–Trinajstić information content (AvgIpc) is 3.31. The molecule has 1 aliphatic heterocycles. The number of fused-ring (bicyclic) bond motifs is 1. The molecule has 1 saturated heterocycles. The summed E-state index contributed by atoms with van der Waals surface area (Å²) in [4.78, 5) is 13.0. The average molecular weight is 383 g/mol. The molecule has 140 valence electrons. The lowest BCUT2D eigenvalue weighted by Gasteiger charge is -2.16. The standard InChI is InChI=1S/C20H21N3O3S/c1-22-14-18(17-9-2-3-10-19(17)22)20(24)21-15-7-6-8-16(13-15)27(25,26)23-11-4-5-12-23/h2-3,6-10,13-14H,4-5,11-12H2,1H3,(H,21,24). The van der Waals surface area contributed by atoms with Crippen molar-refractivity contribution in [3.05, 3.63) is 60.3 Å². The van der Waals surface area contributed by atoms with Crippen molar-refractivity contribution in [3.8, 4) is 0 Å². The highest BCUT2D eigenvalue weighted by Crippen LogP contribution is 2.25. The summed E-state index contributed by atoms with van der Waals surface area (Å²) in [5.41, 5.74) is 1.99. The predicted molar refractivity (Wildman–Crippen MR) is 105 cm³/mol. The molecule has 1 aromatic heterocycles. The van der Waals surface area contributed by atoms with E-state index in [4.69, 9.17) is 0 Å². The van der Waals surface area contributed by atoms with Crippen molar-refractivity contribution in [2.75, 3.05) is 18.4 Å². The molecule has 6 nitrogen and oxygen atoms in total. The lowest BCUT2D eigenvalue weighted by atomic mass is 10.1. The molecule has 1 fully saturated rings. The molecule has 4 rings (SSSR count). The Kier molecular flexibility index (Phi) is 4.49. The number of amides is 1. The van der Waals surface area contributed by atoms with E-state index in [9.17, 15) is 13.2 Å². The zero-order valence-electron chi connectivity index (χ0n) is 15.1. The third-order valence-corrected chi connectivity index (χ3v) is 6.83. The largest absolute Gasteiger partial charge is 0.350 e. The van der Waals surface area contributed by atoms with E-state index in [1.54, 1.807) is 24.4 Å². The maximum absolute atomic E-state index is 12.8. The van der Waals surface area contributed by atoms with Crippen LogP contribution in [-0.4, -0.2) is 36.3 Å². The van der Waals surface area contributed by atoms with Crippen LogP contribution in [0.2, 0.25) is 0 Å². The van der Waals surface area contributed by atoms with Gasteiger partial charge >= 0.3 is 0 Å². The van der Waals surface area contributed by atoms with Crippen LogP contribution in [0.15, 0.2) is 59.6 Å². The molecule has 0 aliphatic carbocycles. The number of hydrogen-bond donors (Lipinski definition) is 1. The zero-order chi connectivity index (χ0) is 19.0. The van der Waals surface area contributed by atoms with Gasteiger partial charge in [-0.05, 0) is 37.1 Å². The van der Waals surface area contributed by atoms with E-state index in [-0.39, 0.29) is 10.8 Å². The third kappa shape index (κ3) is 3.24. The number of sulfonamides is 1. The van der Waals surface area contributed by atoms with Gasteiger partial charge in [0.15, 0.2) is 0 Å². The summed E-state index contributed by atoms with van der Waals surface area (Å²) < 4.78 is 28.9. The van der Waals surface area contributed by atoms with Gasteiger partial charge in [-0.15, -0.1) is 0 Å². The molecule has 27 heavy (non-hydrogen) atoms. The Morgan fingerprint density at radius 2 is 1.78 bits per heavy atom. The quantitative estimate of drug-likeness (QED) is 0.752. The Hall–Kier alpha value is -2.64. The first-order chi connectivity index (χ1) is 13.0. The van der Waals surface area contributed by atoms with Crippen molar-refractivity contribution in [2.24, 2.45) is 7.05 Å². The van der Waals surface area contributed by atoms with E-state index in [1.165, 1.54) is 10.4 Å². The van der Waals surface area contributed by atoms with E-state index < -0.39 is 10.0 Å². The number of benzene rings is 2. The number of nitrogens with zero attached hydrogens (tertiary/aromatic N) is 2. The van der Waals surface area contributed by atoms with Crippen LogP contribution in [0.4, 0.5) is 5.69 Å². The van der Waals surface area contributed by atoms with Crippen LogP contribution < -0.4 is 5.32 Å². The molecule has 0 saturated carbocycles. The summed E-state index contributed by atoms with van der Waals surface area (Å²) in [6.07, 6.45) is 3.55. The highest BCUT2D eigenvalue weighted by molar-refractivity contribution is 7.89. The van der Waals surface area contributed by atoms with Crippen LogP contribution in [0.25, 0.3) is 10.9 Å². The first-order valence-corrected chi connectivity index (χ1v) is 10.4. The van der Waals surface area contributed by atoms with Crippen molar-refractivity contribution >= 4 is 32.5 Å². The van der Waals surface area contributed by atoms with Crippen molar-refractivity contribution in [1.29, 1.82) is 0 Å².